The third-order valence-electron chi connectivity index (χ3n) is 3.39. The van der Waals surface area contributed by atoms with E-state index >= 15 is 0 Å². The molecule has 2 aliphatic heterocycles. The lowest BCUT2D eigenvalue weighted by molar-refractivity contribution is -0.286. The summed E-state index contributed by atoms with van der Waals surface area (Å²) in [6.07, 6.45) is -2.71. The van der Waals surface area contributed by atoms with Gasteiger partial charge in [0.2, 0.25) is 0 Å². The van der Waals surface area contributed by atoms with Gasteiger partial charge >= 0.3 is 6.29 Å². The predicted molar refractivity (Wildman–Crippen MR) is 59.9 cm³/mol. The zero-order valence-electron chi connectivity index (χ0n) is 9.35. The Morgan fingerprint density at radius 1 is 1.22 bits per heavy atom. The molecule has 0 saturated carbocycles. The lowest BCUT2D eigenvalue weighted by Crippen LogP contribution is -2.26. The van der Waals surface area contributed by atoms with Crippen LogP contribution < -0.4 is 14.8 Å². The van der Waals surface area contributed by atoms with E-state index in [-0.39, 0.29) is 11.5 Å². The van der Waals surface area contributed by atoms with Crippen LogP contribution in [-0.2, 0) is 13.0 Å². The molecule has 2 aromatic rings. The van der Waals surface area contributed by atoms with Crippen LogP contribution in [0.1, 0.15) is 11.3 Å². The highest BCUT2D eigenvalue weighted by Crippen LogP contribution is 2.46. The highest BCUT2D eigenvalue weighted by atomic mass is 19.3. The summed E-state index contributed by atoms with van der Waals surface area (Å²) < 4.78 is 35.2. The van der Waals surface area contributed by atoms with E-state index < -0.39 is 6.29 Å². The minimum absolute atomic E-state index is 0.0825. The molecule has 0 bridgehead atoms. The average Bonchev–Trinajstić information content (AvgIpc) is 2.84. The van der Waals surface area contributed by atoms with Crippen molar-refractivity contribution in [1.29, 1.82) is 0 Å². The summed E-state index contributed by atoms with van der Waals surface area (Å²) in [5.41, 5.74) is 2.80. The number of hydrogen-bond donors (Lipinski definition) is 2. The summed E-state index contributed by atoms with van der Waals surface area (Å²) >= 11 is 0. The number of benzene rings is 1. The maximum atomic E-state index is 13.1. The van der Waals surface area contributed by atoms with Crippen LogP contribution in [0.3, 0.4) is 0 Å². The topological polar surface area (TPSA) is 46.3 Å². The molecule has 4 rings (SSSR count). The lowest BCUT2D eigenvalue weighted by Gasteiger charge is -2.12. The van der Waals surface area contributed by atoms with Gasteiger partial charge < -0.3 is 19.8 Å². The second-order valence-electron chi connectivity index (χ2n) is 4.49. The molecule has 0 aliphatic carbocycles. The molecule has 1 aromatic heterocycles. The first-order valence-corrected chi connectivity index (χ1v) is 5.77. The zero-order chi connectivity index (χ0) is 12.3. The predicted octanol–water partition coefficient (Wildman–Crippen LogP) is 2.14. The van der Waals surface area contributed by atoms with Crippen molar-refractivity contribution in [1.82, 2.24) is 10.3 Å². The maximum Gasteiger partial charge on any atom is 0.586 e. The quantitative estimate of drug-likeness (QED) is 0.755. The molecule has 0 fully saturated rings. The number of H-pyrrole nitrogens is 1. The van der Waals surface area contributed by atoms with Gasteiger partial charge in [0.1, 0.15) is 0 Å². The minimum Gasteiger partial charge on any atom is -0.395 e. The average molecular weight is 252 g/mol. The summed E-state index contributed by atoms with van der Waals surface area (Å²) in [5, 5.41) is 4.18. The van der Waals surface area contributed by atoms with E-state index in [1.807, 2.05) is 0 Å². The van der Waals surface area contributed by atoms with E-state index in [1.165, 1.54) is 6.07 Å². The lowest BCUT2D eigenvalue weighted by atomic mass is 10.1. The summed E-state index contributed by atoms with van der Waals surface area (Å²) in [6, 6.07) is 3.32. The molecule has 6 heteroatoms. The normalized spacial score (nSPS) is 20.1. The Bertz CT molecular complexity index is 651. The Labute approximate surface area is 101 Å². The van der Waals surface area contributed by atoms with Gasteiger partial charge in [-0.25, -0.2) is 0 Å². The van der Waals surface area contributed by atoms with Crippen molar-refractivity contribution in [3.05, 3.63) is 23.4 Å². The number of halogens is 2. The van der Waals surface area contributed by atoms with Crippen LogP contribution in [0.5, 0.6) is 11.5 Å². The van der Waals surface area contributed by atoms with Gasteiger partial charge in [0.25, 0.3) is 0 Å². The number of aromatic nitrogens is 1. The molecule has 0 amide bonds. The van der Waals surface area contributed by atoms with Crippen molar-refractivity contribution in [3.63, 3.8) is 0 Å². The maximum absolute atomic E-state index is 13.1. The molecule has 94 valence electrons. The van der Waals surface area contributed by atoms with Gasteiger partial charge in [0.15, 0.2) is 11.5 Å². The number of aromatic amines is 1. The van der Waals surface area contributed by atoms with E-state index in [0.717, 1.165) is 36.2 Å². The Kier molecular flexibility index (Phi) is 1.77. The largest absolute Gasteiger partial charge is 0.586 e. The summed E-state index contributed by atoms with van der Waals surface area (Å²) in [4.78, 5) is 3.18. The molecule has 0 saturated heterocycles. The number of alkyl halides is 2. The van der Waals surface area contributed by atoms with Gasteiger partial charge in [0, 0.05) is 30.6 Å². The van der Waals surface area contributed by atoms with Crippen LogP contribution in [0, 0.1) is 0 Å². The second kappa shape index (κ2) is 3.14. The molecule has 1 aromatic carbocycles. The first kappa shape index (κ1) is 10.1. The second-order valence-corrected chi connectivity index (χ2v) is 4.49. The molecular weight excluding hydrogens is 242 g/mol. The smallest absolute Gasteiger partial charge is 0.395 e. The van der Waals surface area contributed by atoms with Crippen LogP contribution in [0.2, 0.25) is 0 Å². The molecule has 0 radical (unpaired) electrons. The molecule has 18 heavy (non-hydrogen) atoms. The van der Waals surface area contributed by atoms with Gasteiger partial charge in [-0.3, -0.25) is 0 Å². The highest BCUT2D eigenvalue weighted by molar-refractivity contribution is 5.92. The fourth-order valence-corrected chi connectivity index (χ4v) is 2.62. The van der Waals surface area contributed by atoms with E-state index in [2.05, 4.69) is 19.8 Å². The Morgan fingerprint density at radius 2 is 2.11 bits per heavy atom. The van der Waals surface area contributed by atoms with Crippen molar-refractivity contribution in [2.75, 3.05) is 6.54 Å². The SMILES string of the molecule is FC1(F)Oc2ccc3c4c([nH]c3c2O1)CCNC4. The molecule has 2 aliphatic rings. The molecule has 0 spiro atoms. The van der Waals surface area contributed by atoms with E-state index in [0.29, 0.717) is 5.52 Å². The third-order valence-corrected chi connectivity index (χ3v) is 3.39. The molecule has 0 unspecified atom stereocenters. The first-order chi connectivity index (χ1) is 8.64. The van der Waals surface area contributed by atoms with E-state index in [4.69, 9.17) is 0 Å². The number of ether oxygens (including phenoxy) is 2. The van der Waals surface area contributed by atoms with Crippen LogP contribution in [-0.4, -0.2) is 17.8 Å². The van der Waals surface area contributed by atoms with Crippen molar-refractivity contribution >= 4 is 10.9 Å². The third kappa shape index (κ3) is 1.26. The minimum atomic E-state index is -3.57. The Morgan fingerprint density at radius 3 is 3.00 bits per heavy atom. The van der Waals surface area contributed by atoms with E-state index in [1.54, 1.807) is 6.07 Å². The van der Waals surface area contributed by atoms with Gasteiger partial charge in [-0.1, -0.05) is 0 Å². The summed E-state index contributed by atoms with van der Waals surface area (Å²) in [7, 11) is 0. The van der Waals surface area contributed by atoms with Crippen LogP contribution in [0.4, 0.5) is 8.78 Å². The van der Waals surface area contributed by atoms with Crippen molar-refractivity contribution < 1.29 is 18.3 Å². The van der Waals surface area contributed by atoms with Crippen LogP contribution in [0.15, 0.2) is 12.1 Å². The fourth-order valence-electron chi connectivity index (χ4n) is 2.62. The fraction of sp³-hybridized carbons (Fsp3) is 0.333. The number of hydrogen-bond acceptors (Lipinski definition) is 3. The van der Waals surface area contributed by atoms with Gasteiger partial charge in [-0.15, -0.1) is 8.78 Å². The number of nitrogens with one attached hydrogen (secondary N) is 2. The van der Waals surface area contributed by atoms with Crippen molar-refractivity contribution in [2.24, 2.45) is 0 Å². The molecule has 0 atom stereocenters. The molecule has 4 nitrogen and oxygen atoms in total. The monoisotopic (exact) mass is 252 g/mol. The molecule has 3 heterocycles. The Hall–Kier alpha value is -1.82. The zero-order valence-corrected chi connectivity index (χ0v) is 9.35. The first-order valence-electron chi connectivity index (χ1n) is 5.77. The van der Waals surface area contributed by atoms with Crippen molar-refractivity contribution in [3.8, 4) is 11.5 Å². The molecular formula is C12H10F2N2O2. The summed E-state index contributed by atoms with van der Waals surface area (Å²) in [6.45, 7) is 1.63. The van der Waals surface area contributed by atoms with Gasteiger partial charge in [-0.2, -0.15) is 0 Å². The molecule has 2 N–H and O–H groups in total. The van der Waals surface area contributed by atoms with Crippen molar-refractivity contribution in [2.45, 2.75) is 19.3 Å². The Balaban J connectivity index is 1.98. The van der Waals surface area contributed by atoms with Gasteiger partial charge in [0.05, 0.1) is 5.52 Å². The van der Waals surface area contributed by atoms with Crippen LogP contribution in [0.25, 0.3) is 10.9 Å². The summed E-state index contributed by atoms with van der Waals surface area (Å²) in [5.74, 6) is 0.186. The number of rotatable bonds is 0. The highest BCUT2D eigenvalue weighted by Gasteiger charge is 2.44. The van der Waals surface area contributed by atoms with Crippen LogP contribution >= 0.6 is 0 Å². The van der Waals surface area contributed by atoms with E-state index in [9.17, 15) is 8.78 Å². The number of fused-ring (bicyclic) bond motifs is 5. The standard InChI is InChI=1S/C12H10F2N2O2/c13-12(14)17-9-2-1-6-7-5-15-4-3-8(7)16-10(6)11(9)18-12/h1-2,15-16H,3-5H2. The van der Waals surface area contributed by atoms with Gasteiger partial charge in [-0.05, 0) is 17.7 Å².